The van der Waals surface area contributed by atoms with Gasteiger partial charge in [0.2, 0.25) is 6.29 Å². The van der Waals surface area contributed by atoms with Crippen molar-refractivity contribution in [2.75, 3.05) is 13.7 Å². The van der Waals surface area contributed by atoms with Crippen molar-refractivity contribution in [1.82, 2.24) is 5.32 Å². The molecule has 156 valence electrons. The van der Waals surface area contributed by atoms with E-state index in [1.54, 1.807) is 13.2 Å². The number of hydrogen-bond donors (Lipinski definition) is 2. The van der Waals surface area contributed by atoms with Crippen LogP contribution in [0, 0.1) is 12.3 Å². The molecule has 0 aromatic heterocycles. The molecule has 0 unspecified atom stereocenters. The number of terminal acetylenes is 1. The van der Waals surface area contributed by atoms with Crippen molar-refractivity contribution in [1.29, 1.82) is 0 Å². The summed E-state index contributed by atoms with van der Waals surface area (Å²) >= 11 is 0. The number of aliphatic hydroxyl groups excluding tert-OH is 1. The first-order valence-electron chi connectivity index (χ1n) is 9.67. The number of carbonyl (C=O) groups excluding carboxylic acids is 1. The Labute approximate surface area is 176 Å². The zero-order chi connectivity index (χ0) is 21.3. The van der Waals surface area contributed by atoms with E-state index in [-0.39, 0.29) is 30.7 Å². The third kappa shape index (κ3) is 5.63. The number of allylic oxidation sites excluding steroid dienone is 1. The average molecular weight is 407 g/mol. The van der Waals surface area contributed by atoms with E-state index in [2.05, 4.69) is 11.2 Å². The number of rotatable bonds is 8. The molecule has 3 rings (SSSR count). The minimum absolute atomic E-state index is 0.00264. The fourth-order valence-corrected chi connectivity index (χ4v) is 3.15. The van der Waals surface area contributed by atoms with Crippen molar-refractivity contribution in [2.45, 2.75) is 31.8 Å². The number of nitrogens with one attached hydrogen (secondary N) is 1. The van der Waals surface area contributed by atoms with Crippen LogP contribution in [0.5, 0.6) is 5.75 Å². The van der Waals surface area contributed by atoms with Gasteiger partial charge in [0.05, 0.1) is 26.9 Å². The lowest BCUT2D eigenvalue weighted by Gasteiger charge is -2.29. The van der Waals surface area contributed by atoms with Crippen LogP contribution in [0.25, 0.3) is 0 Å². The van der Waals surface area contributed by atoms with E-state index in [1.165, 1.54) is 0 Å². The number of benzene rings is 2. The number of carbonyl (C=O) groups is 1. The fourth-order valence-electron chi connectivity index (χ4n) is 3.15. The van der Waals surface area contributed by atoms with Gasteiger partial charge in [-0.15, -0.1) is 6.42 Å². The molecule has 2 aromatic rings. The largest absolute Gasteiger partial charge is 0.497 e. The normalized spacial score (nSPS) is 18.0. The summed E-state index contributed by atoms with van der Waals surface area (Å²) in [5.74, 6) is 2.91. The maximum Gasteiger partial charge on any atom is 0.286 e. The molecule has 0 radical (unpaired) electrons. The summed E-state index contributed by atoms with van der Waals surface area (Å²) in [6, 6.07) is 15.2. The molecular weight excluding hydrogens is 382 g/mol. The third-order valence-corrected chi connectivity index (χ3v) is 4.82. The Kier molecular flexibility index (Phi) is 7.50. The number of ether oxygens (including phenoxy) is 3. The van der Waals surface area contributed by atoms with Crippen LogP contribution in [0.2, 0.25) is 0 Å². The highest BCUT2D eigenvalue weighted by Crippen LogP contribution is 2.32. The van der Waals surface area contributed by atoms with Crippen LogP contribution in [-0.2, 0) is 27.5 Å². The summed E-state index contributed by atoms with van der Waals surface area (Å²) in [6.45, 7) is 0.442. The molecule has 1 aliphatic rings. The predicted octanol–water partition coefficient (Wildman–Crippen LogP) is 2.87. The SMILES string of the molecule is C#CCNC(=O)C1=C[C@@H](c2ccc(OC)cc2)C[C@@H](OCc2ccc(CO)cc2)O1. The molecule has 0 aliphatic carbocycles. The van der Waals surface area contributed by atoms with Crippen LogP contribution >= 0.6 is 0 Å². The molecule has 2 aromatic carbocycles. The maximum absolute atomic E-state index is 12.4. The standard InChI is InChI=1S/C24H25NO5/c1-3-12-25-24(27)22-13-20(19-8-10-21(28-2)11-9-19)14-23(30-22)29-16-18-6-4-17(15-26)5-7-18/h1,4-11,13,20,23,26H,12,14-16H2,2H3,(H,25,27)/t20-,23+/m1/s1. The van der Waals surface area contributed by atoms with Gasteiger partial charge in [0.25, 0.3) is 5.91 Å². The van der Waals surface area contributed by atoms with Gasteiger partial charge in [-0.2, -0.15) is 0 Å². The zero-order valence-corrected chi connectivity index (χ0v) is 16.8. The Balaban J connectivity index is 1.73. The monoisotopic (exact) mass is 407 g/mol. The second-order valence-electron chi connectivity index (χ2n) is 6.87. The van der Waals surface area contributed by atoms with Crippen molar-refractivity contribution in [2.24, 2.45) is 0 Å². The molecule has 0 bridgehead atoms. The first-order chi connectivity index (χ1) is 14.6. The van der Waals surface area contributed by atoms with E-state index in [0.717, 1.165) is 22.4 Å². The van der Waals surface area contributed by atoms with Crippen molar-refractivity contribution in [3.63, 3.8) is 0 Å². The number of amides is 1. The topological polar surface area (TPSA) is 77.0 Å². The fraction of sp³-hybridized carbons (Fsp3) is 0.292. The molecule has 0 spiro atoms. The Hall–Kier alpha value is -3.27. The second-order valence-corrected chi connectivity index (χ2v) is 6.87. The minimum atomic E-state index is -0.591. The van der Waals surface area contributed by atoms with E-state index in [4.69, 9.17) is 25.7 Å². The average Bonchev–Trinajstić information content (AvgIpc) is 2.81. The minimum Gasteiger partial charge on any atom is -0.497 e. The van der Waals surface area contributed by atoms with Gasteiger partial charge in [0.15, 0.2) is 5.76 Å². The molecule has 6 heteroatoms. The van der Waals surface area contributed by atoms with Gasteiger partial charge in [0.1, 0.15) is 5.75 Å². The van der Waals surface area contributed by atoms with Crippen molar-refractivity contribution < 1.29 is 24.1 Å². The maximum atomic E-state index is 12.4. The summed E-state index contributed by atoms with van der Waals surface area (Å²) in [5.41, 5.74) is 2.81. The lowest BCUT2D eigenvalue weighted by molar-refractivity contribution is -0.150. The van der Waals surface area contributed by atoms with Crippen LogP contribution in [-0.4, -0.2) is 31.0 Å². The van der Waals surface area contributed by atoms with E-state index in [0.29, 0.717) is 13.0 Å². The van der Waals surface area contributed by atoms with Gasteiger partial charge < -0.3 is 24.6 Å². The predicted molar refractivity (Wildman–Crippen MR) is 112 cm³/mol. The Bertz CT molecular complexity index is 912. The summed E-state index contributed by atoms with van der Waals surface area (Å²) in [7, 11) is 1.62. The third-order valence-electron chi connectivity index (χ3n) is 4.82. The van der Waals surface area contributed by atoms with Gasteiger partial charge in [-0.3, -0.25) is 4.79 Å². The smallest absolute Gasteiger partial charge is 0.286 e. The molecule has 2 atom stereocenters. The quantitative estimate of drug-likeness (QED) is 0.658. The van der Waals surface area contributed by atoms with E-state index in [1.807, 2.05) is 48.5 Å². The molecule has 30 heavy (non-hydrogen) atoms. The van der Waals surface area contributed by atoms with Gasteiger partial charge in [-0.25, -0.2) is 0 Å². The zero-order valence-electron chi connectivity index (χ0n) is 16.8. The van der Waals surface area contributed by atoms with Crippen LogP contribution < -0.4 is 10.1 Å². The van der Waals surface area contributed by atoms with Gasteiger partial charge >= 0.3 is 0 Å². The lowest BCUT2D eigenvalue weighted by Crippen LogP contribution is -2.33. The first-order valence-corrected chi connectivity index (χ1v) is 9.67. The number of aliphatic hydroxyl groups is 1. The summed E-state index contributed by atoms with van der Waals surface area (Å²) in [4.78, 5) is 12.4. The van der Waals surface area contributed by atoms with Crippen LogP contribution in [0.4, 0.5) is 0 Å². The molecule has 2 N–H and O–H groups in total. The molecule has 1 heterocycles. The van der Waals surface area contributed by atoms with Gasteiger partial charge in [0, 0.05) is 12.3 Å². The second kappa shape index (κ2) is 10.5. The van der Waals surface area contributed by atoms with Crippen molar-refractivity contribution in [3.05, 3.63) is 77.1 Å². The summed E-state index contributed by atoms with van der Waals surface area (Å²) in [6.07, 6.45) is 7.00. The van der Waals surface area contributed by atoms with Gasteiger partial charge in [-0.05, 0) is 34.9 Å². The molecule has 6 nitrogen and oxygen atoms in total. The van der Waals surface area contributed by atoms with Crippen molar-refractivity contribution >= 4 is 5.91 Å². The molecule has 1 aliphatic heterocycles. The summed E-state index contributed by atoms with van der Waals surface area (Å²) < 4.78 is 17.0. The molecule has 1 amide bonds. The van der Waals surface area contributed by atoms with Crippen molar-refractivity contribution in [3.8, 4) is 18.1 Å². The van der Waals surface area contributed by atoms with Gasteiger partial charge in [-0.1, -0.05) is 42.3 Å². The Morgan fingerprint density at radius 2 is 1.90 bits per heavy atom. The molecular formula is C24H25NO5. The number of methoxy groups -OCH3 is 1. The Morgan fingerprint density at radius 1 is 1.20 bits per heavy atom. The lowest BCUT2D eigenvalue weighted by atomic mass is 9.93. The van der Waals surface area contributed by atoms with E-state index >= 15 is 0 Å². The first kappa shape index (κ1) is 21.4. The molecule has 0 saturated carbocycles. The number of hydrogen-bond acceptors (Lipinski definition) is 5. The van der Waals surface area contributed by atoms with E-state index in [9.17, 15) is 4.79 Å². The van der Waals surface area contributed by atoms with E-state index < -0.39 is 6.29 Å². The highest BCUT2D eigenvalue weighted by Gasteiger charge is 2.28. The van der Waals surface area contributed by atoms with Crippen LogP contribution in [0.3, 0.4) is 0 Å². The summed E-state index contributed by atoms with van der Waals surface area (Å²) in [5, 5.41) is 11.8. The highest BCUT2D eigenvalue weighted by molar-refractivity contribution is 5.91. The van der Waals surface area contributed by atoms with Crippen LogP contribution in [0.15, 0.2) is 60.4 Å². The highest BCUT2D eigenvalue weighted by atomic mass is 16.7. The molecule has 0 saturated heterocycles. The van der Waals surface area contributed by atoms with Crippen LogP contribution in [0.1, 0.15) is 29.0 Å². The molecule has 0 fully saturated rings. The Morgan fingerprint density at radius 3 is 2.53 bits per heavy atom.